The highest BCUT2D eigenvalue weighted by Crippen LogP contribution is 2.18. The molecule has 2 nitrogen and oxygen atoms in total. The molecule has 0 N–H and O–H groups in total. The first-order valence-electron chi connectivity index (χ1n) is 4.41. The summed E-state index contributed by atoms with van der Waals surface area (Å²) in [4.78, 5) is 0.344. The number of hydrogen-bond acceptors (Lipinski definition) is 3. The van der Waals surface area contributed by atoms with Crippen LogP contribution in [0.4, 0.5) is 0 Å². The summed E-state index contributed by atoms with van der Waals surface area (Å²) in [5.74, 6) is 0.419. The number of thiol groups is 1. The molecule has 0 aliphatic rings. The second kappa shape index (κ2) is 4.36. The smallest absolute Gasteiger partial charge is 0.187 e. The number of hydrogen-bond donors (Lipinski definition) is 1. The molecular formula is C10H14O2S2. The van der Waals surface area contributed by atoms with Crippen LogP contribution in [0.1, 0.15) is 25.3 Å². The van der Waals surface area contributed by atoms with Crippen molar-refractivity contribution in [1.29, 1.82) is 0 Å². The van der Waals surface area contributed by atoms with E-state index in [0.29, 0.717) is 10.8 Å². The van der Waals surface area contributed by atoms with E-state index in [2.05, 4.69) is 26.5 Å². The highest BCUT2D eigenvalue weighted by atomic mass is 32.2. The second-order valence-electron chi connectivity index (χ2n) is 3.47. The average molecular weight is 230 g/mol. The van der Waals surface area contributed by atoms with E-state index in [0.717, 1.165) is 5.56 Å². The van der Waals surface area contributed by atoms with Gasteiger partial charge < -0.3 is 0 Å². The molecule has 0 saturated carbocycles. The predicted octanol–water partition coefficient (Wildman–Crippen LogP) is 2.47. The Kier molecular flexibility index (Phi) is 3.61. The van der Waals surface area contributed by atoms with E-state index in [9.17, 15) is 8.42 Å². The van der Waals surface area contributed by atoms with Crippen molar-refractivity contribution in [3.8, 4) is 0 Å². The van der Waals surface area contributed by atoms with Crippen LogP contribution in [-0.2, 0) is 9.84 Å². The first kappa shape index (κ1) is 11.6. The van der Waals surface area contributed by atoms with Gasteiger partial charge in [0.05, 0.1) is 9.98 Å². The van der Waals surface area contributed by atoms with Gasteiger partial charge in [-0.3, -0.25) is 0 Å². The Morgan fingerprint density at radius 3 is 2.07 bits per heavy atom. The predicted molar refractivity (Wildman–Crippen MR) is 61.6 cm³/mol. The minimum Gasteiger partial charge on any atom is -0.223 e. The van der Waals surface area contributed by atoms with Crippen molar-refractivity contribution in [3.63, 3.8) is 0 Å². The minimum atomic E-state index is -3.18. The largest absolute Gasteiger partial charge is 0.223 e. The number of rotatable bonds is 3. The zero-order valence-corrected chi connectivity index (χ0v) is 9.98. The van der Waals surface area contributed by atoms with Crippen molar-refractivity contribution < 1.29 is 8.42 Å². The van der Waals surface area contributed by atoms with Gasteiger partial charge in [-0.1, -0.05) is 26.0 Å². The van der Waals surface area contributed by atoms with Crippen molar-refractivity contribution in [2.45, 2.75) is 24.7 Å². The van der Waals surface area contributed by atoms with Crippen LogP contribution >= 0.6 is 12.6 Å². The van der Waals surface area contributed by atoms with E-state index in [-0.39, 0.29) is 5.08 Å². The summed E-state index contributed by atoms with van der Waals surface area (Å²) >= 11 is 3.79. The molecule has 0 heterocycles. The molecule has 14 heavy (non-hydrogen) atoms. The molecule has 78 valence electrons. The van der Waals surface area contributed by atoms with Crippen molar-refractivity contribution >= 4 is 22.5 Å². The molecule has 0 spiro atoms. The Hall–Kier alpha value is -0.480. The van der Waals surface area contributed by atoms with Gasteiger partial charge in [-0.2, -0.15) is 12.6 Å². The summed E-state index contributed by atoms with van der Waals surface area (Å²) in [5, 5.41) is -0.145. The zero-order chi connectivity index (χ0) is 10.8. The van der Waals surface area contributed by atoms with Gasteiger partial charge in [0.15, 0.2) is 9.84 Å². The van der Waals surface area contributed by atoms with Crippen LogP contribution in [-0.4, -0.2) is 13.5 Å². The van der Waals surface area contributed by atoms with Gasteiger partial charge >= 0.3 is 0 Å². The highest BCUT2D eigenvalue weighted by Gasteiger charge is 2.11. The van der Waals surface area contributed by atoms with Crippen LogP contribution in [0, 0.1) is 0 Å². The van der Waals surface area contributed by atoms with Crippen LogP contribution < -0.4 is 0 Å². The van der Waals surface area contributed by atoms with Crippen LogP contribution in [0.2, 0.25) is 0 Å². The van der Waals surface area contributed by atoms with E-state index in [1.807, 2.05) is 12.1 Å². The molecule has 0 atom stereocenters. The average Bonchev–Trinajstić information content (AvgIpc) is 2.18. The van der Waals surface area contributed by atoms with Gasteiger partial charge in [0.25, 0.3) is 0 Å². The standard InChI is InChI=1S/C10H14O2S2/c1-8(2)9-3-5-10(6-4-9)14(11,12)7-13/h3-6,8,13H,7H2,1-2H3. The van der Waals surface area contributed by atoms with Crippen LogP contribution in [0.3, 0.4) is 0 Å². The maximum Gasteiger partial charge on any atom is 0.187 e. The van der Waals surface area contributed by atoms with Crippen molar-refractivity contribution in [1.82, 2.24) is 0 Å². The summed E-state index contributed by atoms with van der Waals surface area (Å²) in [7, 11) is -3.18. The van der Waals surface area contributed by atoms with Crippen LogP contribution in [0.25, 0.3) is 0 Å². The maximum absolute atomic E-state index is 11.4. The summed E-state index contributed by atoms with van der Waals surface area (Å²) in [5.41, 5.74) is 1.14. The zero-order valence-electron chi connectivity index (χ0n) is 8.27. The first-order chi connectivity index (χ1) is 6.47. The Morgan fingerprint density at radius 1 is 1.21 bits per heavy atom. The quantitative estimate of drug-likeness (QED) is 0.809. The molecule has 4 heteroatoms. The molecule has 0 fully saturated rings. The lowest BCUT2D eigenvalue weighted by Crippen LogP contribution is -2.02. The summed E-state index contributed by atoms with van der Waals surface area (Å²) < 4.78 is 22.8. The molecular weight excluding hydrogens is 216 g/mol. The number of benzene rings is 1. The first-order valence-corrected chi connectivity index (χ1v) is 6.69. The molecule has 0 unspecified atom stereocenters. The van der Waals surface area contributed by atoms with Gasteiger partial charge in [-0.25, -0.2) is 8.42 Å². The van der Waals surface area contributed by atoms with Crippen molar-refractivity contribution in [3.05, 3.63) is 29.8 Å². The third kappa shape index (κ3) is 2.51. The maximum atomic E-state index is 11.4. The molecule has 0 bridgehead atoms. The lowest BCUT2D eigenvalue weighted by molar-refractivity contribution is 0.601. The van der Waals surface area contributed by atoms with Gasteiger partial charge in [-0.15, -0.1) is 0 Å². The molecule has 0 aliphatic heterocycles. The third-order valence-corrected chi connectivity index (χ3v) is 4.43. The lowest BCUT2D eigenvalue weighted by Gasteiger charge is -2.06. The summed E-state index contributed by atoms with van der Waals surface area (Å²) in [6, 6.07) is 6.98. The fourth-order valence-corrected chi connectivity index (χ4v) is 2.28. The van der Waals surface area contributed by atoms with E-state index >= 15 is 0 Å². The molecule has 1 aromatic rings. The normalized spacial score (nSPS) is 12.0. The number of sulfone groups is 1. The van der Waals surface area contributed by atoms with E-state index < -0.39 is 9.84 Å². The second-order valence-corrected chi connectivity index (χ2v) is 6.20. The summed E-state index contributed by atoms with van der Waals surface area (Å²) in [6.07, 6.45) is 0. The molecule has 1 aromatic carbocycles. The van der Waals surface area contributed by atoms with Crippen molar-refractivity contribution in [2.24, 2.45) is 0 Å². The molecule has 1 rings (SSSR count). The fraction of sp³-hybridized carbons (Fsp3) is 0.400. The fourth-order valence-electron chi connectivity index (χ4n) is 1.13. The Balaban J connectivity index is 3.06. The van der Waals surface area contributed by atoms with Crippen molar-refractivity contribution in [2.75, 3.05) is 5.08 Å². The molecule has 0 radical (unpaired) electrons. The molecule has 0 saturated heterocycles. The minimum absolute atomic E-state index is 0.145. The Labute approximate surface area is 90.7 Å². The van der Waals surface area contributed by atoms with Crippen LogP contribution in [0.5, 0.6) is 0 Å². The van der Waals surface area contributed by atoms with E-state index in [1.165, 1.54) is 0 Å². The van der Waals surface area contributed by atoms with E-state index in [1.54, 1.807) is 12.1 Å². The summed E-state index contributed by atoms with van der Waals surface area (Å²) in [6.45, 7) is 4.14. The van der Waals surface area contributed by atoms with Gasteiger partial charge in [0.1, 0.15) is 0 Å². The molecule has 0 amide bonds. The van der Waals surface area contributed by atoms with E-state index in [4.69, 9.17) is 0 Å². The lowest BCUT2D eigenvalue weighted by atomic mass is 10.0. The SMILES string of the molecule is CC(C)c1ccc(S(=O)(=O)CS)cc1. The molecule has 0 aromatic heterocycles. The Bertz CT molecular complexity index is 391. The Morgan fingerprint density at radius 2 is 1.71 bits per heavy atom. The van der Waals surface area contributed by atoms with Gasteiger partial charge in [0.2, 0.25) is 0 Å². The van der Waals surface area contributed by atoms with Crippen LogP contribution in [0.15, 0.2) is 29.2 Å². The highest BCUT2D eigenvalue weighted by molar-refractivity contribution is 8.03. The van der Waals surface area contributed by atoms with Gasteiger partial charge in [-0.05, 0) is 23.6 Å². The topological polar surface area (TPSA) is 34.1 Å². The molecule has 0 aliphatic carbocycles. The third-order valence-electron chi connectivity index (χ3n) is 2.08. The monoisotopic (exact) mass is 230 g/mol. The van der Waals surface area contributed by atoms with Gasteiger partial charge in [0, 0.05) is 0 Å².